The molecule has 2 aromatic rings. The van der Waals surface area contributed by atoms with Gasteiger partial charge in [-0.05, 0) is 42.0 Å². The quantitative estimate of drug-likeness (QED) is 0.655. The lowest BCUT2D eigenvalue weighted by molar-refractivity contribution is -0.274. The minimum Gasteiger partial charge on any atom is -0.454 e. The van der Waals surface area contributed by atoms with Crippen molar-refractivity contribution < 1.29 is 41.8 Å². The highest BCUT2D eigenvalue weighted by molar-refractivity contribution is 6.06. The van der Waals surface area contributed by atoms with Crippen LogP contribution in [-0.4, -0.2) is 41.9 Å². The zero-order valence-electron chi connectivity index (χ0n) is 16.3. The summed E-state index contributed by atoms with van der Waals surface area (Å²) in [7, 11) is 0. The summed E-state index contributed by atoms with van der Waals surface area (Å²) in [6, 6.07) is 7.85. The van der Waals surface area contributed by atoms with Gasteiger partial charge >= 0.3 is 12.4 Å². The van der Waals surface area contributed by atoms with E-state index in [1.165, 1.54) is 12.1 Å². The Labute approximate surface area is 179 Å². The molecule has 2 aliphatic rings. The van der Waals surface area contributed by atoms with Gasteiger partial charge in [-0.15, -0.1) is 13.2 Å². The van der Waals surface area contributed by atoms with Crippen molar-refractivity contribution in [1.82, 2.24) is 10.2 Å². The van der Waals surface area contributed by atoms with Crippen molar-refractivity contribution in [1.29, 1.82) is 0 Å². The van der Waals surface area contributed by atoms with Gasteiger partial charge in [-0.25, -0.2) is 4.79 Å². The molecule has 1 saturated heterocycles. The SMILES string of the molecule is O=C(C[C@H]1NC(=O)N(Cc2ccc3c(c2)OCO3)C1=O)Nc1ccc(OC(F)(F)F)cc1. The second kappa shape index (κ2) is 8.29. The zero-order valence-corrected chi connectivity index (χ0v) is 16.3. The monoisotopic (exact) mass is 451 g/mol. The van der Waals surface area contributed by atoms with E-state index in [1.807, 2.05) is 0 Å². The van der Waals surface area contributed by atoms with Crippen LogP contribution in [0, 0.1) is 0 Å². The number of hydrogen-bond donors (Lipinski definition) is 2. The van der Waals surface area contributed by atoms with Crippen LogP contribution in [0.3, 0.4) is 0 Å². The van der Waals surface area contributed by atoms with Crippen molar-refractivity contribution in [3.05, 3.63) is 48.0 Å². The third-order valence-corrected chi connectivity index (χ3v) is 4.65. The van der Waals surface area contributed by atoms with E-state index in [0.717, 1.165) is 17.0 Å². The molecule has 168 valence electrons. The van der Waals surface area contributed by atoms with Gasteiger partial charge in [0.2, 0.25) is 12.7 Å². The third kappa shape index (κ3) is 4.85. The molecule has 0 aromatic heterocycles. The van der Waals surface area contributed by atoms with Gasteiger partial charge in [-0.1, -0.05) is 6.07 Å². The molecule has 4 amide bonds. The average Bonchev–Trinajstić information content (AvgIpc) is 3.28. The summed E-state index contributed by atoms with van der Waals surface area (Å²) in [6.45, 7) is 0.0806. The molecule has 1 fully saturated rings. The highest BCUT2D eigenvalue weighted by Crippen LogP contribution is 2.33. The number of anilines is 1. The molecule has 0 radical (unpaired) electrons. The fourth-order valence-corrected chi connectivity index (χ4v) is 3.22. The first-order chi connectivity index (χ1) is 15.2. The number of hydrogen-bond acceptors (Lipinski definition) is 6. The number of benzene rings is 2. The smallest absolute Gasteiger partial charge is 0.454 e. The van der Waals surface area contributed by atoms with Crippen LogP contribution in [0.15, 0.2) is 42.5 Å². The first-order valence-electron chi connectivity index (χ1n) is 9.34. The number of nitrogens with one attached hydrogen (secondary N) is 2. The average molecular weight is 451 g/mol. The van der Waals surface area contributed by atoms with Crippen molar-refractivity contribution in [3.63, 3.8) is 0 Å². The molecular weight excluding hydrogens is 435 g/mol. The maximum atomic E-state index is 12.6. The van der Waals surface area contributed by atoms with Crippen LogP contribution in [0.5, 0.6) is 17.2 Å². The largest absolute Gasteiger partial charge is 0.573 e. The van der Waals surface area contributed by atoms with Gasteiger partial charge < -0.3 is 24.8 Å². The van der Waals surface area contributed by atoms with E-state index in [4.69, 9.17) is 9.47 Å². The molecule has 2 aliphatic heterocycles. The van der Waals surface area contributed by atoms with Crippen LogP contribution in [0.2, 0.25) is 0 Å². The zero-order chi connectivity index (χ0) is 22.9. The molecule has 2 aromatic carbocycles. The Kier molecular flexibility index (Phi) is 5.51. The summed E-state index contributed by atoms with van der Waals surface area (Å²) < 4.78 is 50.9. The number of carbonyl (C=O) groups excluding carboxylic acids is 3. The number of halogens is 3. The Bertz CT molecular complexity index is 1060. The number of nitrogens with zero attached hydrogens (tertiary/aromatic N) is 1. The fraction of sp³-hybridized carbons (Fsp3) is 0.250. The van der Waals surface area contributed by atoms with E-state index < -0.39 is 36.0 Å². The lowest BCUT2D eigenvalue weighted by atomic mass is 10.1. The molecule has 0 saturated carbocycles. The second-order valence-corrected chi connectivity index (χ2v) is 6.94. The number of rotatable bonds is 6. The second-order valence-electron chi connectivity index (χ2n) is 6.94. The minimum absolute atomic E-state index is 0.0138. The standard InChI is InChI=1S/C20H16F3N3O6/c21-20(22,23)32-13-4-2-12(3-5-13)24-17(27)8-14-18(28)26(19(29)25-14)9-11-1-6-15-16(7-11)31-10-30-15/h1-7,14H,8-10H2,(H,24,27)(H,25,29)/t14-/m1/s1. The molecule has 2 N–H and O–H groups in total. The van der Waals surface area contributed by atoms with Crippen LogP contribution < -0.4 is 24.8 Å². The minimum atomic E-state index is -4.82. The Hall–Kier alpha value is -3.96. The molecule has 2 heterocycles. The highest BCUT2D eigenvalue weighted by Gasteiger charge is 2.39. The van der Waals surface area contributed by atoms with E-state index in [9.17, 15) is 27.6 Å². The number of fused-ring (bicyclic) bond motifs is 1. The molecule has 0 bridgehead atoms. The molecule has 9 nitrogen and oxygen atoms in total. The normalized spacial score (nSPS) is 17.3. The molecule has 1 atom stereocenters. The number of carbonyl (C=O) groups is 3. The van der Waals surface area contributed by atoms with Gasteiger partial charge in [0.15, 0.2) is 11.5 Å². The number of alkyl halides is 3. The van der Waals surface area contributed by atoms with E-state index in [-0.39, 0.29) is 25.4 Å². The van der Waals surface area contributed by atoms with Crippen molar-refractivity contribution >= 4 is 23.5 Å². The van der Waals surface area contributed by atoms with Crippen LogP contribution in [0.1, 0.15) is 12.0 Å². The van der Waals surface area contributed by atoms with Gasteiger partial charge in [-0.3, -0.25) is 14.5 Å². The Morgan fingerprint density at radius 1 is 1.12 bits per heavy atom. The van der Waals surface area contributed by atoms with Gasteiger partial charge in [0, 0.05) is 5.69 Å². The summed E-state index contributed by atoms with van der Waals surface area (Å²) in [6.07, 6.45) is -5.17. The Balaban J connectivity index is 1.33. The number of imide groups is 1. The predicted molar refractivity (Wildman–Crippen MR) is 102 cm³/mol. The van der Waals surface area contributed by atoms with Crippen molar-refractivity contribution in [2.45, 2.75) is 25.4 Å². The van der Waals surface area contributed by atoms with E-state index in [0.29, 0.717) is 17.1 Å². The topological polar surface area (TPSA) is 106 Å². The lowest BCUT2D eigenvalue weighted by Gasteiger charge is -2.13. The first-order valence-corrected chi connectivity index (χ1v) is 9.34. The summed E-state index contributed by atoms with van der Waals surface area (Å²) in [5.41, 5.74) is 0.850. The van der Waals surface area contributed by atoms with Gasteiger partial charge in [0.25, 0.3) is 5.91 Å². The molecule has 0 spiro atoms. The predicted octanol–water partition coefficient (Wildman–Crippen LogP) is 2.76. The third-order valence-electron chi connectivity index (χ3n) is 4.65. The molecule has 0 aliphatic carbocycles. The molecular formula is C20H16F3N3O6. The summed E-state index contributed by atoms with van der Waals surface area (Å²) in [5, 5.41) is 4.91. The molecule has 0 unspecified atom stereocenters. The number of amides is 4. The van der Waals surface area contributed by atoms with Crippen LogP contribution in [0.25, 0.3) is 0 Å². The highest BCUT2D eigenvalue weighted by atomic mass is 19.4. The van der Waals surface area contributed by atoms with Crippen molar-refractivity contribution in [2.24, 2.45) is 0 Å². The van der Waals surface area contributed by atoms with E-state index in [2.05, 4.69) is 15.4 Å². The fourth-order valence-electron chi connectivity index (χ4n) is 3.22. The lowest BCUT2D eigenvalue weighted by Crippen LogP contribution is -2.34. The van der Waals surface area contributed by atoms with E-state index >= 15 is 0 Å². The van der Waals surface area contributed by atoms with Crippen LogP contribution in [-0.2, 0) is 16.1 Å². The molecule has 4 rings (SSSR count). The summed E-state index contributed by atoms with van der Waals surface area (Å²) in [5.74, 6) is -0.529. The van der Waals surface area contributed by atoms with Crippen molar-refractivity contribution in [3.8, 4) is 17.2 Å². The van der Waals surface area contributed by atoms with Crippen LogP contribution in [0.4, 0.5) is 23.7 Å². The van der Waals surface area contributed by atoms with E-state index in [1.54, 1.807) is 18.2 Å². The first kappa shape index (κ1) is 21.3. The number of ether oxygens (including phenoxy) is 3. The van der Waals surface area contributed by atoms with Gasteiger partial charge in [0.05, 0.1) is 13.0 Å². The molecule has 32 heavy (non-hydrogen) atoms. The maximum absolute atomic E-state index is 12.6. The van der Waals surface area contributed by atoms with Gasteiger partial charge in [0.1, 0.15) is 11.8 Å². The number of urea groups is 1. The molecule has 12 heteroatoms. The van der Waals surface area contributed by atoms with Crippen LogP contribution >= 0.6 is 0 Å². The van der Waals surface area contributed by atoms with Crippen molar-refractivity contribution in [2.75, 3.05) is 12.1 Å². The Morgan fingerprint density at radius 2 is 1.84 bits per heavy atom. The summed E-state index contributed by atoms with van der Waals surface area (Å²) >= 11 is 0. The maximum Gasteiger partial charge on any atom is 0.573 e. The Morgan fingerprint density at radius 3 is 2.56 bits per heavy atom. The van der Waals surface area contributed by atoms with Gasteiger partial charge in [-0.2, -0.15) is 0 Å². The summed E-state index contributed by atoms with van der Waals surface area (Å²) in [4.78, 5) is 38.1.